The van der Waals surface area contributed by atoms with Crippen LogP contribution in [0.1, 0.15) is 39.0 Å². The van der Waals surface area contributed by atoms with E-state index in [2.05, 4.69) is 0 Å². The van der Waals surface area contributed by atoms with Crippen molar-refractivity contribution in [3.05, 3.63) is 17.5 Å². The third kappa shape index (κ3) is 4.13. The molecular weight excluding hydrogens is 370 g/mol. The topological polar surface area (TPSA) is 62.1 Å². The number of amides is 1. The SMILES string of the molecule is C[C@H](C(=O)N(C)C1CCCCC1)[NH+]1CCN(S(=O)(=O)c2cccs2)CC1. The Hall–Kier alpha value is -0.960. The van der Waals surface area contributed by atoms with Gasteiger partial charge < -0.3 is 9.80 Å². The van der Waals surface area contributed by atoms with Crippen molar-refractivity contribution in [2.24, 2.45) is 0 Å². The third-order valence-corrected chi connectivity index (χ3v) is 9.18. The molecule has 1 aromatic heterocycles. The van der Waals surface area contributed by atoms with Crippen molar-refractivity contribution in [1.29, 1.82) is 0 Å². The zero-order valence-electron chi connectivity index (χ0n) is 15.7. The predicted octanol–water partition coefficient (Wildman–Crippen LogP) is 0.817. The predicted molar refractivity (Wildman–Crippen MR) is 103 cm³/mol. The summed E-state index contributed by atoms with van der Waals surface area (Å²) in [5.74, 6) is 0.196. The molecule has 0 radical (unpaired) electrons. The minimum absolute atomic E-state index is 0.117. The standard InChI is InChI=1S/C18H29N3O3S2/c1-15(18(22)19(2)16-7-4-3-5-8-16)20-10-12-21(13-11-20)26(23,24)17-9-6-14-25-17/h6,9,14-16H,3-5,7-8,10-13H2,1-2H3/p+1/t15-/m1/s1. The summed E-state index contributed by atoms with van der Waals surface area (Å²) in [5, 5.41) is 1.79. The highest BCUT2D eigenvalue weighted by molar-refractivity contribution is 7.91. The van der Waals surface area contributed by atoms with Crippen molar-refractivity contribution in [2.45, 2.75) is 55.3 Å². The fraction of sp³-hybridized carbons (Fsp3) is 0.722. The summed E-state index contributed by atoms with van der Waals surface area (Å²) in [4.78, 5) is 16.0. The molecule has 0 unspecified atom stereocenters. The Labute approximate surface area is 160 Å². The molecule has 26 heavy (non-hydrogen) atoms. The van der Waals surface area contributed by atoms with E-state index in [4.69, 9.17) is 0 Å². The van der Waals surface area contributed by atoms with E-state index in [0.717, 1.165) is 12.8 Å². The fourth-order valence-corrected chi connectivity index (χ4v) is 6.70. The highest BCUT2D eigenvalue weighted by Gasteiger charge is 2.36. The zero-order chi connectivity index (χ0) is 18.7. The maximum Gasteiger partial charge on any atom is 0.280 e. The summed E-state index contributed by atoms with van der Waals surface area (Å²) in [6.45, 7) is 4.28. The average molecular weight is 401 g/mol. The Morgan fingerprint density at radius 2 is 1.92 bits per heavy atom. The van der Waals surface area contributed by atoms with Gasteiger partial charge in [-0.1, -0.05) is 25.3 Å². The van der Waals surface area contributed by atoms with Crippen molar-refractivity contribution in [3.63, 3.8) is 0 Å². The molecule has 1 amide bonds. The van der Waals surface area contributed by atoms with Crippen LogP contribution in [-0.2, 0) is 14.8 Å². The summed E-state index contributed by atoms with van der Waals surface area (Å²) < 4.78 is 27.2. The molecule has 1 N–H and O–H groups in total. The van der Waals surface area contributed by atoms with Gasteiger partial charge in [0, 0.05) is 13.1 Å². The maximum atomic E-state index is 12.9. The molecular formula is C18H30N3O3S2+. The number of hydrogen-bond acceptors (Lipinski definition) is 4. The van der Waals surface area contributed by atoms with Crippen molar-refractivity contribution < 1.29 is 18.1 Å². The molecule has 146 valence electrons. The van der Waals surface area contributed by atoms with Crippen LogP contribution in [0.4, 0.5) is 0 Å². The molecule has 1 aliphatic heterocycles. The van der Waals surface area contributed by atoms with Gasteiger partial charge in [0.25, 0.3) is 15.9 Å². The molecule has 1 saturated heterocycles. The molecule has 2 aliphatic rings. The van der Waals surface area contributed by atoms with Crippen molar-refractivity contribution in [3.8, 4) is 0 Å². The molecule has 1 aromatic rings. The Morgan fingerprint density at radius 1 is 1.27 bits per heavy atom. The Morgan fingerprint density at radius 3 is 2.50 bits per heavy atom. The lowest BCUT2D eigenvalue weighted by Gasteiger charge is -2.37. The highest BCUT2D eigenvalue weighted by atomic mass is 32.2. The molecule has 2 fully saturated rings. The summed E-state index contributed by atoms with van der Waals surface area (Å²) in [6.07, 6.45) is 5.92. The highest BCUT2D eigenvalue weighted by Crippen LogP contribution is 2.22. The summed E-state index contributed by atoms with van der Waals surface area (Å²) in [7, 11) is -1.44. The molecule has 0 bridgehead atoms. The van der Waals surface area contributed by atoms with Crippen LogP contribution in [0.15, 0.2) is 21.7 Å². The van der Waals surface area contributed by atoms with Gasteiger partial charge in [-0.2, -0.15) is 4.31 Å². The van der Waals surface area contributed by atoms with E-state index in [1.807, 2.05) is 18.9 Å². The van der Waals surface area contributed by atoms with Gasteiger partial charge in [-0.15, -0.1) is 11.3 Å². The lowest BCUT2D eigenvalue weighted by molar-refractivity contribution is -0.918. The van der Waals surface area contributed by atoms with Crippen LogP contribution in [-0.4, -0.2) is 68.8 Å². The van der Waals surface area contributed by atoms with Crippen LogP contribution in [0.3, 0.4) is 0 Å². The van der Waals surface area contributed by atoms with Crippen LogP contribution >= 0.6 is 11.3 Å². The number of likely N-dealkylation sites (N-methyl/N-ethyl adjacent to an activating group) is 1. The van der Waals surface area contributed by atoms with Crippen LogP contribution in [0, 0.1) is 0 Å². The number of nitrogens with zero attached hydrogens (tertiary/aromatic N) is 2. The first-order chi connectivity index (χ1) is 12.4. The zero-order valence-corrected chi connectivity index (χ0v) is 17.3. The monoisotopic (exact) mass is 400 g/mol. The van der Waals surface area contributed by atoms with E-state index in [0.29, 0.717) is 36.4 Å². The molecule has 1 atom stereocenters. The molecule has 3 rings (SSSR count). The molecule has 1 aliphatic carbocycles. The van der Waals surface area contributed by atoms with E-state index < -0.39 is 10.0 Å². The average Bonchev–Trinajstić information content (AvgIpc) is 3.23. The Kier molecular flexibility index (Phi) is 6.37. The van der Waals surface area contributed by atoms with E-state index in [9.17, 15) is 13.2 Å². The molecule has 2 heterocycles. The van der Waals surface area contributed by atoms with Crippen LogP contribution < -0.4 is 4.90 Å². The van der Waals surface area contributed by atoms with E-state index in [1.54, 1.807) is 21.8 Å². The lowest BCUT2D eigenvalue weighted by Crippen LogP contribution is -3.19. The van der Waals surface area contributed by atoms with E-state index in [1.165, 1.54) is 35.5 Å². The first kappa shape index (κ1) is 19.8. The minimum atomic E-state index is -3.38. The van der Waals surface area contributed by atoms with Gasteiger partial charge in [0.05, 0.1) is 26.2 Å². The van der Waals surface area contributed by atoms with Gasteiger partial charge in [0.2, 0.25) is 0 Å². The maximum absolute atomic E-state index is 12.9. The van der Waals surface area contributed by atoms with Gasteiger partial charge in [-0.05, 0) is 31.2 Å². The molecule has 8 heteroatoms. The van der Waals surface area contributed by atoms with Gasteiger partial charge in [0.1, 0.15) is 4.21 Å². The number of carbonyl (C=O) groups is 1. The van der Waals surface area contributed by atoms with E-state index >= 15 is 0 Å². The lowest BCUT2D eigenvalue weighted by atomic mass is 9.94. The van der Waals surface area contributed by atoms with Crippen LogP contribution in [0.2, 0.25) is 0 Å². The van der Waals surface area contributed by atoms with Crippen molar-refractivity contribution in [2.75, 3.05) is 33.2 Å². The number of thiophene rings is 1. The summed E-state index contributed by atoms with van der Waals surface area (Å²) in [6, 6.07) is 3.68. The Bertz CT molecular complexity index is 691. The summed E-state index contributed by atoms with van der Waals surface area (Å²) >= 11 is 1.26. The second kappa shape index (κ2) is 8.37. The molecule has 0 aromatic carbocycles. The minimum Gasteiger partial charge on any atom is -0.338 e. The number of hydrogen-bond donors (Lipinski definition) is 1. The largest absolute Gasteiger partial charge is 0.338 e. The number of piperazine rings is 1. The second-order valence-corrected chi connectivity index (χ2v) is 10.6. The van der Waals surface area contributed by atoms with Gasteiger partial charge >= 0.3 is 0 Å². The number of sulfonamides is 1. The van der Waals surface area contributed by atoms with Gasteiger partial charge in [0.15, 0.2) is 6.04 Å². The van der Waals surface area contributed by atoms with Gasteiger partial charge in [-0.25, -0.2) is 8.42 Å². The number of rotatable bonds is 5. The first-order valence-corrected chi connectivity index (χ1v) is 11.9. The smallest absolute Gasteiger partial charge is 0.280 e. The number of carbonyl (C=O) groups excluding carboxylic acids is 1. The van der Waals surface area contributed by atoms with Crippen LogP contribution in [0.5, 0.6) is 0 Å². The van der Waals surface area contributed by atoms with Gasteiger partial charge in [-0.3, -0.25) is 4.79 Å². The quantitative estimate of drug-likeness (QED) is 0.796. The fourth-order valence-electron chi connectivity index (χ4n) is 4.11. The molecule has 0 spiro atoms. The van der Waals surface area contributed by atoms with Crippen molar-refractivity contribution >= 4 is 27.3 Å². The Balaban J connectivity index is 1.56. The number of nitrogens with one attached hydrogen (secondary N) is 1. The summed E-state index contributed by atoms with van der Waals surface area (Å²) in [5.41, 5.74) is 0. The van der Waals surface area contributed by atoms with Crippen LogP contribution in [0.25, 0.3) is 0 Å². The third-order valence-electron chi connectivity index (χ3n) is 5.91. The second-order valence-electron chi connectivity index (χ2n) is 7.46. The first-order valence-electron chi connectivity index (χ1n) is 9.56. The van der Waals surface area contributed by atoms with E-state index in [-0.39, 0.29) is 11.9 Å². The molecule has 6 nitrogen and oxygen atoms in total. The normalized spacial score (nSPS) is 22.2. The number of quaternary nitrogens is 1. The molecule has 1 saturated carbocycles. The van der Waals surface area contributed by atoms with Crippen molar-refractivity contribution in [1.82, 2.24) is 9.21 Å².